The molecule has 1 unspecified atom stereocenters. The summed E-state index contributed by atoms with van der Waals surface area (Å²) in [5, 5.41) is 15.4. The van der Waals surface area contributed by atoms with E-state index in [0.29, 0.717) is 6.42 Å². The van der Waals surface area contributed by atoms with Gasteiger partial charge < -0.3 is 9.72 Å². The molecule has 1 N–H and O–H groups in total. The van der Waals surface area contributed by atoms with Crippen LogP contribution in [0.1, 0.15) is 49.5 Å². The third-order valence-electron chi connectivity index (χ3n) is 5.83. The largest absolute Gasteiger partial charge is 0.370 e. The van der Waals surface area contributed by atoms with Crippen molar-refractivity contribution in [2.45, 2.75) is 43.7 Å². The second-order valence-corrected chi connectivity index (χ2v) is 7.08. The molecule has 1 fully saturated rings. The Balaban J connectivity index is 1.75. The predicted octanol–water partition coefficient (Wildman–Crippen LogP) is 3.66. The minimum absolute atomic E-state index is 0.174. The van der Waals surface area contributed by atoms with Gasteiger partial charge in [-0.3, -0.25) is 4.68 Å². The van der Waals surface area contributed by atoms with E-state index in [9.17, 15) is 5.26 Å². The van der Waals surface area contributed by atoms with Crippen LogP contribution in [0, 0.1) is 11.3 Å². The number of nitrogens with zero attached hydrogens (tertiary/aromatic N) is 4. The fraction of sp³-hybridized carbons (Fsp3) is 0.421. The molecule has 0 bridgehead atoms. The third-order valence-corrected chi connectivity index (χ3v) is 5.83. The van der Waals surface area contributed by atoms with Crippen molar-refractivity contribution >= 4 is 11.0 Å². The first-order valence-electron chi connectivity index (χ1n) is 8.73. The lowest BCUT2D eigenvalue weighted by molar-refractivity contribution is 0.131. The molecular formula is C19H19N5O. The second-order valence-electron chi connectivity index (χ2n) is 7.08. The van der Waals surface area contributed by atoms with Crippen molar-refractivity contribution in [3.8, 4) is 17.2 Å². The molecule has 2 aliphatic rings. The van der Waals surface area contributed by atoms with Gasteiger partial charge in [-0.15, -0.1) is 0 Å². The summed E-state index contributed by atoms with van der Waals surface area (Å²) in [6.45, 7) is 0. The SMILES string of the molecule is COC1c2nn(C3(CC#N)CCCC3)cc2-c2ccnc3[nH]cc1c23. The zero-order chi connectivity index (χ0) is 17.0. The number of nitriles is 1. The first-order valence-corrected chi connectivity index (χ1v) is 8.73. The van der Waals surface area contributed by atoms with Crippen LogP contribution in [0.15, 0.2) is 24.7 Å². The molecule has 25 heavy (non-hydrogen) atoms. The van der Waals surface area contributed by atoms with Crippen LogP contribution >= 0.6 is 0 Å². The Morgan fingerprint density at radius 2 is 2.24 bits per heavy atom. The quantitative estimate of drug-likeness (QED) is 0.793. The molecule has 1 saturated carbocycles. The summed E-state index contributed by atoms with van der Waals surface area (Å²) in [5.41, 5.74) is 4.95. The molecule has 6 nitrogen and oxygen atoms in total. The molecule has 2 aliphatic carbocycles. The van der Waals surface area contributed by atoms with Gasteiger partial charge in [-0.1, -0.05) is 12.8 Å². The van der Waals surface area contributed by atoms with Gasteiger partial charge in [0, 0.05) is 42.2 Å². The summed E-state index contributed by atoms with van der Waals surface area (Å²) in [5.74, 6) is 0. The normalized spacial score (nSPS) is 20.6. The van der Waals surface area contributed by atoms with Crippen molar-refractivity contribution in [3.63, 3.8) is 0 Å². The van der Waals surface area contributed by atoms with E-state index < -0.39 is 0 Å². The number of hydrogen-bond donors (Lipinski definition) is 1. The first kappa shape index (κ1) is 14.7. The van der Waals surface area contributed by atoms with Crippen molar-refractivity contribution in [1.82, 2.24) is 19.7 Å². The van der Waals surface area contributed by atoms with E-state index in [1.54, 1.807) is 7.11 Å². The highest BCUT2D eigenvalue weighted by atomic mass is 16.5. The molecule has 3 heterocycles. The number of methoxy groups -OCH3 is 1. The predicted molar refractivity (Wildman–Crippen MR) is 92.8 cm³/mol. The van der Waals surface area contributed by atoms with Crippen molar-refractivity contribution < 1.29 is 4.74 Å². The zero-order valence-electron chi connectivity index (χ0n) is 14.1. The molecule has 0 aromatic carbocycles. The fourth-order valence-corrected chi connectivity index (χ4v) is 4.60. The van der Waals surface area contributed by atoms with Crippen LogP contribution in [0.3, 0.4) is 0 Å². The van der Waals surface area contributed by atoms with Crippen LogP contribution in [-0.2, 0) is 10.3 Å². The monoisotopic (exact) mass is 333 g/mol. The molecule has 126 valence electrons. The van der Waals surface area contributed by atoms with Crippen LogP contribution < -0.4 is 0 Å². The van der Waals surface area contributed by atoms with Crippen LogP contribution in [0.4, 0.5) is 0 Å². The second kappa shape index (κ2) is 5.17. The average Bonchev–Trinajstić information content (AvgIpc) is 3.35. The van der Waals surface area contributed by atoms with Gasteiger partial charge in [0.2, 0.25) is 0 Å². The van der Waals surface area contributed by atoms with Gasteiger partial charge >= 0.3 is 0 Å². The van der Waals surface area contributed by atoms with Crippen molar-refractivity contribution in [1.29, 1.82) is 5.26 Å². The molecule has 6 heteroatoms. The highest BCUT2D eigenvalue weighted by Crippen LogP contribution is 2.47. The third kappa shape index (κ3) is 1.87. The Kier molecular flexibility index (Phi) is 3.03. The molecule has 5 rings (SSSR count). The molecule has 0 spiro atoms. The van der Waals surface area contributed by atoms with Gasteiger partial charge in [0.15, 0.2) is 0 Å². The van der Waals surface area contributed by atoms with Crippen molar-refractivity contribution in [3.05, 3.63) is 35.9 Å². The number of aromatic amines is 1. The lowest BCUT2D eigenvalue weighted by atomic mass is 9.90. The highest BCUT2D eigenvalue weighted by molar-refractivity contribution is 5.98. The standard InChI is InChI=1S/C19H19N5O/c1-25-17-13-10-22-18-15(13)12(4-9-21-18)14-11-24(23-16(14)17)19(7-8-20)5-2-3-6-19/h4,9-11,17H,2-3,5-7H2,1H3,(H,21,22). The van der Waals surface area contributed by atoms with E-state index in [1.165, 1.54) is 0 Å². The minimum Gasteiger partial charge on any atom is -0.370 e. The van der Waals surface area contributed by atoms with Gasteiger partial charge in [-0.25, -0.2) is 4.98 Å². The molecule has 3 aromatic heterocycles. The summed E-state index contributed by atoms with van der Waals surface area (Å²) in [6.07, 6.45) is 10.5. The van der Waals surface area contributed by atoms with E-state index >= 15 is 0 Å². The number of pyridine rings is 1. The molecule has 0 saturated heterocycles. The van der Waals surface area contributed by atoms with Crippen LogP contribution in [-0.4, -0.2) is 26.9 Å². The average molecular weight is 333 g/mol. The molecular weight excluding hydrogens is 314 g/mol. The molecule has 0 radical (unpaired) electrons. The number of ether oxygens (including phenoxy) is 1. The number of H-pyrrole nitrogens is 1. The Morgan fingerprint density at radius 1 is 1.40 bits per heavy atom. The van der Waals surface area contributed by atoms with Gasteiger partial charge in [0.05, 0.1) is 18.0 Å². The van der Waals surface area contributed by atoms with Crippen LogP contribution in [0.5, 0.6) is 0 Å². The maximum Gasteiger partial charge on any atom is 0.138 e. The topological polar surface area (TPSA) is 79.5 Å². The number of nitrogens with one attached hydrogen (secondary N) is 1. The van der Waals surface area contributed by atoms with E-state index in [-0.39, 0.29) is 11.6 Å². The van der Waals surface area contributed by atoms with E-state index in [2.05, 4.69) is 26.9 Å². The summed E-state index contributed by atoms with van der Waals surface area (Å²) in [6, 6.07) is 4.42. The van der Waals surface area contributed by atoms with Gasteiger partial charge in [0.25, 0.3) is 0 Å². The Bertz CT molecular complexity index is 1000. The zero-order valence-corrected chi connectivity index (χ0v) is 14.1. The highest BCUT2D eigenvalue weighted by Gasteiger charge is 2.39. The number of hydrogen-bond acceptors (Lipinski definition) is 4. The fourth-order valence-electron chi connectivity index (χ4n) is 4.60. The Hall–Kier alpha value is -2.65. The molecule has 3 aromatic rings. The molecule has 0 aliphatic heterocycles. The Labute approximate surface area is 145 Å². The lowest BCUT2D eigenvalue weighted by Gasteiger charge is -2.26. The van der Waals surface area contributed by atoms with Crippen molar-refractivity contribution in [2.24, 2.45) is 0 Å². The van der Waals surface area contributed by atoms with E-state index in [1.807, 2.05) is 18.5 Å². The summed E-state index contributed by atoms with van der Waals surface area (Å²) in [4.78, 5) is 7.67. The van der Waals surface area contributed by atoms with Gasteiger partial charge in [-0.05, 0) is 24.5 Å². The van der Waals surface area contributed by atoms with Crippen LogP contribution in [0.2, 0.25) is 0 Å². The minimum atomic E-state index is -0.206. The summed E-state index contributed by atoms with van der Waals surface area (Å²) < 4.78 is 7.86. The number of rotatable bonds is 3. The van der Waals surface area contributed by atoms with Gasteiger partial charge in [-0.2, -0.15) is 10.4 Å². The maximum absolute atomic E-state index is 9.36. The number of aromatic nitrogens is 4. The maximum atomic E-state index is 9.36. The van der Waals surface area contributed by atoms with E-state index in [0.717, 1.165) is 59.1 Å². The van der Waals surface area contributed by atoms with Gasteiger partial charge in [0.1, 0.15) is 17.4 Å². The molecule has 1 atom stereocenters. The van der Waals surface area contributed by atoms with E-state index in [4.69, 9.17) is 9.84 Å². The summed E-state index contributed by atoms with van der Waals surface area (Å²) >= 11 is 0. The lowest BCUT2D eigenvalue weighted by Crippen LogP contribution is -2.30. The van der Waals surface area contributed by atoms with Crippen LogP contribution in [0.25, 0.3) is 22.2 Å². The first-order chi connectivity index (χ1) is 12.3. The summed E-state index contributed by atoms with van der Waals surface area (Å²) in [7, 11) is 1.72. The smallest absolute Gasteiger partial charge is 0.138 e. The molecule has 0 amide bonds. The Morgan fingerprint density at radius 3 is 3.00 bits per heavy atom. The number of fused-ring (bicyclic) bond motifs is 2. The van der Waals surface area contributed by atoms with Crippen molar-refractivity contribution in [2.75, 3.05) is 7.11 Å².